The maximum atomic E-state index is 5.79. The molecule has 2 N–H and O–H groups in total. The third-order valence-electron chi connectivity index (χ3n) is 4.13. The summed E-state index contributed by atoms with van der Waals surface area (Å²) in [5.74, 6) is 0. The van der Waals surface area contributed by atoms with Gasteiger partial charge in [-0.05, 0) is 44.3 Å². The fourth-order valence-corrected chi connectivity index (χ4v) is 2.59. The van der Waals surface area contributed by atoms with E-state index in [9.17, 15) is 0 Å². The molecule has 1 saturated carbocycles. The van der Waals surface area contributed by atoms with Crippen LogP contribution in [0.2, 0.25) is 0 Å². The first-order chi connectivity index (χ1) is 7.59. The van der Waals surface area contributed by atoms with Crippen LogP contribution in [-0.2, 0) is 0 Å². The number of nitrogens with two attached hydrogens (primary N) is 1. The van der Waals surface area contributed by atoms with E-state index in [0.717, 1.165) is 12.6 Å². The van der Waals surface area contributed by atoms with Gasteiger partial charge in [0.25, 0.3) is 0 Å². The van der Waals surface area contributed by atoms with Crippen molar-refractivity contribution in [3.05, 3.63) is 0 Å². The van der Waals surface area contributed by atoms with Gasteiger partial charge in [0.15, 0.2) is 0 Å². The minimum absolute atomic E-state index is 0.308. The van der Waals surface area contributed by atoms with E-state index in [2.05, 4.69) is 25.7 Å². The molecule has 16 heavy (non-hydrogen) atoms. The van der Waals surface area contributed by atoms with Crippen LogP contribution in [0.25, 0.3) is 0 Å². The maximum absolute atomic E-state index is 5.79. The smallest absolute Gasteiger partial charge is 0.00951 e. The van der Waals surface area contributed by atoms with Crippen LogP contribution in [0.15, 0.2) is 0 Å². The summed E-state index contributed by atoms with van der Waals surface area (Å²) in [5.41, 5.74) is 6.10. The second-order valence-corrected chi connectivity index (χ2v) is 6.04. The highest BCUT2D eigenvalue weighted by Crippen LogP contribution is 2.25. The first kappa shape index (κ1) is 14.0. The van der Waals surface area contributed by atoms with Crippen LogP contribution in [0.4, 0.5) is 0 Å². The summed E-state index contributed by atoms with van der Waals surface area (Å²) in [6.07, 6.45) is 8.37. The zero-order valence-electron chi connectivity index (χ0n) is 11.5. The Labute approximate surface area is 102 Å². The molecule has 1 fully saturated rings. The van der Waals surface area contributed by atoms with Crippen LogP contribution in [0.1, 0.15) is 59.3 Å². The average molecular weight is 226 g/mol. The lowest BCUT2D eigenvalue weighted by Gasteiger charge is -2.35. The molecule has 1 aliphatic carbocycles. The summed E-state index contributed by atoms with van der Waals surface area (Å²) in [6, 6.07) is 0.854. The Morgan fingerprint density at radius 3 is 2.31 bits per heavy atom. The Bertz CT molecular complexity index is 183. The van der Waals surface area contributed by atoms with Crippen LogP contribution >= 0.6 is 0 Å². The van der Waals surface area contributed by atoms with Gasteiger partial charge in [0.05, 0.1) is 0 Å². The summed E-state index contributed by atoms with van der Waals surface area (Å²) in [7, 11) is 0. The van der Waals surface area contributed by atoms with E-state index in [4.69, 9.17) is 5.73 Å². The Hall–Kier alpha value is -0.0800. The van der Waals surface area contributed by atoms with E-state index >= 15 is 0 Å². The molecular formula is C14H30N2. The van der Waals surface area contributed by atoms with Crippen molar-refractivity contribution in [2.24, 2.45) is 11.1 Å². The Balaban J connectivity index is 2.36. The number of hydrogen-bond donors (Lipinski definition) is 1. The van der Waals surface area contributed by atoms with Crippen molar-refractivity contribution in [2.45, 2.75) is 65.3 Å². The van der Waals surface area contributed by atoms with Crippen molar-refractivity contribution < 1.29 is 0 Å². The fourth-order valence-electron chi connectivity index (χ4n) is 2.59. The van der Waals surface area contributed by atoms with E-state index in [1.165, 1.54) is 51.6 Å². The standard InChI is InChI=1S/C14H30N2/c1-4-16(11-10-14(2,3)12-15)13-8-6-5-7-9-13/h13H,4-12,15H2,1-3H3. The molecule has 0 aromatic heterocycles. The molecule has 0 unspecified atom stereocenters. The minimum Gasteiger partial charge on any atom is -0.330 e. The summed E-state index contributed by atoms with van der Waals surface area (Å²) in [5, 5.41) is 0. The molecule has 0 radical (unpaired) electrons. The van der Waals surface area contributed by atoms with Crippen LogP contribution < -0.4 is 5.73 Å². The van der Waals surface area contributed by atoms with E-state index in [1.807, 2.05) is 0 Å². The normalized spacial score (nSPS) is 19.3. The van der Waals surface area contributed by atoms with E-state index in [0.29, 0.717) is 5.41 Å². The lowest BCUT2D eigenvalue weighted by Crippen LogP contribution is -2.39. The van der Waals surface area contributed by atoms with Gasteiger partial charge >= 0.3 is 0 Å². The molecule has 0 aliphatic heterocycles. The molecule has 0 amide bonds. The second-order valence-electron chi connectivity index (χ2n) is 6.04. The SMILES string of the molecule is CCN(CCC(C)(C)CN)C1CCCCC1. The average Bonchev–Trinajstić information content (AvgIpc) is 2.31. The van der Waals surface area contributed by atoms with Crippen LogP contribution in [-0.4, -0.2) is 30.6 Å². The number of nitrogens with zero attached hydrogens (tertiary/aromatic N) is 1. The number of hydrogen-bond acceptors (Lipinski definition) is 2. The van der Waals surface area contributed by atoms with Crippen molar-refractivity contribution in [3.8, 4) is 0 Å². The molecule has 0 aromatic rings. The van der Waals surface area contributed by atoms with Crippen molar-refractivity contribution in [3.63, 3.8) is 0 Å². The number of rotatable bonds is 6. The molecule has 0 atom stereocenters. The van der Waals surface area contributed by atoms with Gasteiger partial charge in [-0.15, -0.1) is 0 Å². The molecule has 0 aromatic carbocycles. The third-order valence-corrected chi connectivity index (χ3v) is 4.13. The van der Waals surface area contributed by atoms with Crippen LogP contribution in [0.3, 0.4) is 0 Å². The van der Waals surface area contributed by atoms with Gasteiger partial charge in [0, 0.05) is 6.04 Å². The van der Waals surface area contributed by atoms with Gasteiger partial charge in [0.1, 0.15) is 0 Å². The predicted molar refractivity (Wildman–Crippen MR) is 71.6 cm³/mol. The van der Waals surface area contributed by atoms with Crippen LogP contribution in [0.5, 0.6) is 0 Å². The lowest BCUT2D eigenvalue weighted by molar-refractivity contribution is 0.142. The minimum atomic E-state index is 0.308. The van der Waals surface area contributed by atoms with Crippen molar-refractivity contribution in [2.75, 3.05) is 19.6 Å². The van der Waals surface area contributed by atoms with E-state index < -0.39 is 0 Å². The Morgan fingerprint density at radius 2 is 1.81 bits per heavy atom. The summed E-state index contributed by atoms with van der Waals surface area (Å²) in [6.45, 7) is 10.1. The fraction of sp³-hybridized carbons (Fsp3) is 1.00. The maximum Gasteiger partial charge on any atom is 0.00951 e. The molecule has 0 heterocycles. The topological polar surface area (TPSA) is 29.3 Å². The molecule has 0 saturated heterocycles. The highest BCUT2D eigenvalue weighted by molar-refractivity contribution is 4.78. The molecule has 2 heteroatoms. The Kier molecular flexibility index (Phi) is 5.77. The van der Waals surface area contributed by atoms with Crippen LogP contribution in [0, 0.1) is 5.41 Å². The summed E-state index contributed by atoms with van der Waals surface area (Å²) >= 11 is 0. The third kappa shape index (κ3) is 4.42. The molecule has 1 aliphatic rings. The molecule has 96 valence electrons. The van der Waals surface area contributed by atoms with Crippen molar-refractivity contribution in [1.82, 2.24) is 4.90 Å². The molecule has 1 rings (SSSR count). The van der Waals surface area contributed by atoms with E-state index in [-0.39, 0.29) is 0 Å². The molecule has 2 nitrogen and oxygen atoms in total. The van der Waals surface area contributed by atoms with Crippen molar-refractivity contribution in [1.29, 1.82) is 0 Å². The first-order valence-electron chi connectivity index (χ1n) is 7.03. The van der Waals surface area contributed by atoms with Gasteiger partial charge in [0.2, 0.25) is 0 Å². The lowest BCUT2D eigenvalue weighted by atomic mass is 9.88. The monoisotopic (exact) mass is 226 g/mol. The van der Waals surface area contributed by atoms with Gasteiger partial charge in [-0.25, -0.2) is 0 Å². The zero-order valence-corrected chi connectivity index (χ0v) is 11.5. The van der Waals surface area contributed by atoms with E-state index in [1.54, 1.807) is 0 Å². The van der Waals surface area contributed by atoms with Gasteiger partial charge in [-0.1, -0.05) is 40.0 Å². The van der Waals surface area contributed by atoms with Gasteiger partial charge in [-0.3, -0.25) is 0 Å². The first-order valence-corrected chi connectivity index (χ1v) is 7.03. The van der Waals surface area contributed by atoms with Gasteiger partial charge < -0.3 is 10.6 Å². The van der Waals surface area contributed by atoms with Gasteiger partial charge in [-0.2, -0.15) is 0 Å². The molecular weight excluding hydrogens is 196 g/mol. The predicted octanol–water partition coefficient (Wildman–Crippen LogP) is 3.02. The highest BCUT2D eigenvalue weighted by atomic mass is 15.1. The summed E-state index contributed by atoms with van der Waals surface area (Å²) in [4.78, 5) is 2.68. The summed E-state index contributed by atoms with van der Waals surface area (Å²) < 4.78 is 0. The van der Waals surface area contributed by atoms with Crippen molar-refractivity contribution >= 4 is 0 Å². The second kappa shape index (κ2) is 6.61. The molecule has 0 bridgehead atoms. The molecule has 0 spiro atoms. The quantitative estimate of drug-likeness (QED) is 0.754. The zero-order chi connectivity index (χ0) is 12.0. The highest BCUT2D eigenvalue weighted by Gasteiger charge is 2.22. The largest absolute Gasteiger partial charge is 0.330 e. The Morgan fingerprint density at radius 1 is 1.19 bits per heavy atom.